The molecule has 0 radical (unpaired) electrons. The van der Waals surface area contributed by atoms with E-state index in [1.165, 1.54) is 57.1 Å². The van der Waals surface area contributed by atoms with Crippen LogP contribution < -0.4 is 11.1 Å². The largest absolute Gasteiger partial charge is 0.418 e. The third-order valence-corrected chi connectivity index (χ3v) is 4.19. The molecule has 0 spiro atoms. The Kier molecular flexibility index (Phi) is 9.65. The molecule has 138 valence electrons. The van der Waals surface area contributed by atoms with Gasteiger partial charge in [0.25, 0.3) is 0 Å². The SMILES string of the molecule is CCCCCCCCCCCCNc1ccc(N)cc1C(F)(F)F. The lowest BCUT2D eigenvalue weighted by Crippen LogP contribution is -2.12. The molecule has 0 bridgehead atoms. The van der Waals surface area contributed by atoms with Gasteiger partial charge >= 0.3 is 6.18 Å². The normalized spacial score (nSPS) is 11.7. The van der Waals surface area contributed by atoms with E-state index < -0.39 is 11.7 Å². The van der Waals surface area contributed by atoms with Crippen molar-refractivity contribution >= 4 is 11.4 Å². The summed E-state index contributed by atoms with van der Waals surface area (Å²) in [5, 5.41) is 2.90. The summed E-state index contributed by atoms with van der Waals surface area (Å²) < 4.78 is 38.9. The van der Waals surface area contributed by atoms with E-state index in [1.54, 1.807) is 0 Å². The fraction of sp³-hybridized carbons (Fsp3) is 0.684. The predicted molar refractivity (Wildman–Crippen MR) is 96.2 cm³/mol. The van der Waals surface area contributed by atoms with E-state index >= 15 is 0 Å². The Morgan fingerprint density at radius 1 is 0.875 bits per heavy atom. The monoisotopic (exact) mass is 344 g/mol. The minimum Gasteiger partial charge on any atom is -0.399 e. The Morgan fingerprint density at radius 2 is 1.42 bits per heavy atom. The first kappa shape index (κ1) is 20.7. The van der Waals surface area contributed by atoms with Gasteiger partial charge in [0.2, 0.25) is 0 Å². The van der Waals surface area contributed by atoms with Gasteiger partial charge in [0.05, 0.1) is 5.56 Å². The zero-order valence-corrected chi connectivity index (χ0v) is 14.7. The van der Waals surface area contributed by atoms with Gasteiger partial charge in [0, 0.05) is 17.9 Å². The molecule has 0 aliphatic heterocycles. The van der Waals surface area contributed by atoms with Crippen molar-refractivity contribution in [3.63, 3.8) is 0 Å². The number of nitrogens with two attached hydrogens (primary N) is 1. The number of alkyl halides is 3. The molecule has 0 heterocycles. The Balaban J connectivity index is 2.16. The molecule has 0 amide bonds. The summed E-state index contributed by atoms with van der Waals surface area (Å²) in [7, 11) is 0. The molecule has 0 aromatic heterocycles. The van der Waals surface area contributed by atoms with Gasteiger partial charge < -0.3 is 11.1 Å². The molecule has 3 N–H and O–H groups in total. The van der Waals surface area contributed by atoms with E-state index in [0.717, 1.165) is 25.3 Å². The van der Waals surface area contributed by atoms with E-state index in [1.807, 2.05) is 0 Å². The highest BCUT2D eigenvalue weighted by Crippen LogP contribution is 2.36. The van der Waals surface area contributed by atoms with Crippen molar-refractivity contribution in [1.82, 2.24) is 0 Å². The Morgan fingerprint density at radius 3 is 1.96 bits per heavy atom. The summed E-state index contributed by atoms with van der Waals surface area (Å²) >= 11 is 0. The molecule has 2 nitrogen and oxygen atoms in total. The van der Waals surface area contributed by atoms with Crippen LogP contribution in [-0.2, 0) is 6.18 Å². The van der Waals surface area contributed by atoms with Crippen LogP contribution >= 0.6 is 0 Å². The molecule has 5 heteroatoms. The molecular weight excluding hydrogens is 313 g/mol. The smallest absolute Gasteiger partial charge is 0.399 e. The van der Waals surface area contributed by atoms with E-state index in [-0.39, 0.29) is 11.4 Å². The highest BCUT2D eigenvalue weighted by atomic mass is 19.4. The maximum Gasteiger partial charge on any atom is 0.418 e. The predicted octanol–water partition coefficient (Wildman–Crippen LogP) is 6.62. The van der Waals surface area contributed by atoms with Crippen LogP contribution in [0, 0.1) is 0 Å². The van der Waals surface area contributed by atoms with Gasteiger partial charge in [-0.05, 0) is 24.6 Å². The van der Waals surface area contributed by atoms with Crippen molar-refractivity contribution in [1.29, 1.82) is 0 Å². The van der Waals surface area contributed by atoms with Crippen LogP contribution in [0.3, 0.4) is 0 Å². The number of unbranched alkanes of at least 4 members (excludes halogenated alkanes) is 9. The van der Waals surface area contributed by atoms with Crippen LogP contribution in [0.4, 0.5) is 24.5 Å². The van der Waals surface area contributed by atoms with Crippen LogP contribution in [-0.4, -0.2) is 6.54 Å². The number of nitrogen functional groups attached to an aromatic ring is 1. The summed E-state index contributed by atoms with van der Waals surface area (Å²) in [5.41, 5.74) is 5.02. The summed E-state index contributed by atoms with van der Waals surface area (Å²) in [6.07, 6.45) is 7.78. The number of halogens is 3. The minimum atomic E-state index is -4.38. The highest BCUT2D eigenvalue weighted by molar-refractivity contribution is 5.59. The van der Waals surface area contributed by atoms with Crippen LogP contribution in [0.15, 0.2) is 18.2 Å². The third kappa shape index (κ3) is 8.46. The highest BCUT2D eigenvalue weighted by Gasteiger charge is 2.33. The molecule has 0 atom stereocenters. The van der Waals surface area contributed by atoms with E-state index in [9.17, 15) is 13.2 Å². The molecule has 0 saturated heterocycles. The van der Waals surface area contributed by atoms with Gasteiger partial charge in [-0.3, -0.25) is 0 Å². The quantitative estimate of drug-likeness (QED) is 0.330. The van der Waals surface area contributed by atoms with Gasteiger partial charge in [-0.1, -0.05) is 64.7 Å². The topological polar surface area (TPSA) is 38.0 Å². The molecule has 1 aromatic carbocycles. The lowest BCUT2D eigenvalue weighted by atomic mass is 10.1. The summed E-state index contributed by atoms with van der Waals surface area (Å²) in [4.78, 5) is 0. The van der Waals surface area contributed by atoms with Crippen molar-refractivity contribution in [2.75, 3.05) is 17.6 Å². The van der Waals surface area contributed by atoms with Gasteiger partial charge in [0.15, 0.2) is 0 Å². The minimum absolute atomic E-state index is 0.118. The van der Waals surface area contributed by atoms with Gasteiger partial charge in [-0.25, -0.2) is 0 Å². The number of rotatable bonds is 12. The van der Waals surface area contributed by atoms with Crippen LogP contribution in [0.1, 0.15) is 76.7 Å². The zero-order chi connectivity index (χ0) is 17.8. The van der Waals surface area contributed by atoms with E-state index in [2.05, 4.69) is 12.2 Å². The fourth-order valence-corrected chi connectivity index (χ4v) is 2.79. The molecule has 0 aliphatic carbocycles. The second kappa shape index (κ2) is 11.2. The molecule has 1 rings (SSSR count). The summed E-state index contributed by atoms with van der Waals surface area (Å²) in [5.74, 6) is 0. The van der Waals surface area contributed by atoms with Gasteiger partial charge in [0.1, 0.15) is 0 Å². The van der Waals surface area contributed by atoms with Crippen LogP contribution in [0.2, 0.25) is 0 Å². The molecule has 0 fully saturated rings. The van der Waals surface area contributed by atoms with Gasteiger partial charge in [-0.15, -0.1) is 0 Å². The average molecular weight is 344 g/mol. The molecule has 24 heavy (non-hydrogen) atoms. The first-order valence-electron chi connectivity index (χ1n) is 9.15. The van der Waals surface area contributed by atoms with Crippen molar-refractivity contribution in [3.8, 4) is 0 Å². The second-order valence-corrected chi connectivity index (χ2v) is 6.41. The Labute approximate surface area is 144 Å². The lowest BCUT2D eigenvalue weighted by molar-refractivity contribution is -0.136. The van der Waals surface area contributed by atoms with Crippen molar-refractivity contribution in [3.05, 3.63) is 23.8 Å². The molecular formula is C19H31F3N2. The molecule has 0 unspecified atom stereocenters. The molecule has 0 aliphatic rings. The maximum absolute atomic E-state index is 13.0. The fourth-order valence-electron chi connectivity index (χ4n) is 2.79. The Bertz CT molecular complexity index is 458. The van der Waals surface area contributed by atoms with Crippen molar-refractivity contribution < 1.29 is 13.2 Å². The average Bonchev–Trinajstić information content (AvgIpc) is 2.53. The summed E-state index contributed by atoms with van der Waals surface area (Å²) in [6.45, 7) is 2.78. The van der Waals surface area contributed by atoms with E-state index in [4.69, 9.17) is 5.73 Å². The van der Waals surface area contributed by atoms with E-state index in [0.29, 0.717) is 6.54 Å². The first-order chi connectivity index (χ1) is 11.4. The second-order valence-electron chi connectivity index (χ2n) is 6.41. The van der Waals surface area contributed by atoms with Crippen LogP contribution in [0.5, 0.6) is 0 Å². The number of hydrogen-bond acceptors (Lipinski definition) is 2. The molecule has 0 saturated carbocycles. The first-order valence-corrected chi connectivity index (χ1v) is 9.15. The number of anilines is 2. The number of nitrogens with one attached hydrogen (secondary N) is 1. The number of benzene rings is 1. The van der Waals surface area contributed by atoms with Crippen LogP contribution in [0.25, 0.3) is 0 Å². The maximum atomic E-state index is 13.0. The van der Waals surface area contributed by atoms with Crippen molar-refractivity contribution in [2.45, 2.75) is 77.3 Å². The zero-order valence-electron chi connectivity index (χ0n) is 14.7. The number of hydrogen-bond donors (Lipinski definition) is 2. The Hall–Kier alpha value is -1.39. The van der Waals surface area contributed by atoms with Gasteiger partial charge in [-0.2, -0.15) is 13.2 Å². The standard InChI is InChI=1S/C19H31F3N2/c1-2-3-4-5-6-7-8-9-10-11-14-24-18-13-12-16(23)15-17(18)19(20,21)22/h12-13,15,24H,2-11,14,23H2,1H3. The lowest BCUT2D eigenvalue weighted by Gasteiger charge is -2.15. The summed E-state index contributed by atoms with van der Waals surface area (Å²) in [6, 6.07) is 3.89. The third-order valence-electron chi connectivity index (χ3n) is 4.19. The van der Waals surface area contributed by atoms with Crippen molar-refractivity contribution in [2.24, 2.45) is 0 Å². The molecule has 1 aromatic rings.